The minimum Gasteiger partial charge on any atom is -0.370 e. The third-order valence-corrected chi connectivity index (χ3v) is 3.46. The lowest BCUT2D eigenvalue weighted by Crippen LogP contribution is -2.28. The van der Waals surface area contributed by atoms with E-state index in [1.165, 1.54) is 0 Å². The van der Waals surface area contributed by atoms with Gasteiger partial charge in [-0.15, -0.1) is 0 Å². The third-order valence-electron chi connectivity index (χ3n) is 3.46. The second-order valence-corrected chi connectivity index (χ2v) is 5.00. The van der Waals surface area contributed by atoms with Gasteiger partial charge in [0.25, 0.3) is 0 Å². The molecular formula is C14H22FN3. The topological polar surface area (TPSA) is 32.5 Å². The Balaban J connectivity index is 2.15. The quantitative estimate of drug-likeness (QED) is 0.883. The van der Waals surface area contributed by atoms with Crippen molar-refractivity contribution >= 4 is 5.69 Å². The van der Waals surface area contributed by atoms with Crippen molar-refractivity contribution in [1.29, 1.82) is 0 Å². The van der Waals surface area contributed by atoms with Gasteiger partial charge in [-0.3, -0.25) is 0 Å². The van der Waals surface area contributed by atoms with E-state index in [0.717, 1.165) is 50.3 Å². The number of benzene rings is 1. The molecule has 18 heavy (non-hydrogen) atoms. The summed E-state index contributed by atoms with van der Waals surface area (Å²) < 4.78 is 13.6. The summed E-state index contributed by atoms with van der Waals surface area (Å²) >= 11 is 0. The zero-order valence-corrected chi connectivity index (χ0v) is 11.0. The lowest BCUT2D eigenvalue weighted by atomic mass is 10.1. The second-order valence-electron chi connectivity index (χ2n) is 5.00. The van der Waals surface area contributed by atoms with Crippen molar-refractivity contribution in [3.63, 3.8) is 0 Å². The Labute approximate surface area is 108 Å². The van der Waals surface area contributed by atoms with Crippen molar-refractivity contribution < 1.29 is 4.39 Å². The second kappa shape index (κ2) is 6.16. The van der Waals surface area contributed by atoms with Gasteiger partial charge in [-0.25, -0.2) is 4.39 Å². The number of nitrogens with zero attached hydrogens (tertiary/aromatic N) is 2. The van der Waals surface area contributed by atoms with Gasteiger partial charge in [-0.05, 0) is 56.7 Å². The predicted molar refractivity (Wildman–Crippen MR) is 73.5 cm³/mol. The monoisotopic (exact) mass is 251 g/mol. The van der Waals surface area contributed by atoms with E-state index < -0.39 is 0 Å². The largest absolute Gasteiger partial charge is 0.370 e. The third kappa shape index (κ3) is 3.43. The van der Waals surface area contributed by atoms with E-state index in [9.17, 15) is 4.39 Å². The summed E-state index contributed by atoms with van der Waals surface area (Å²) in [5.74, 6) is -0.159. The summed E-state index contributed by atoms with van der Waals surface area (Å²) in [6.07, 6.45) is 1.86. The highest BCUT2D eigenvalue weighted by atomic mass is 19.1. The number of hydrogen-bond acceptors (Lipinski definition) is 3. The molecule has 1 aromatic carbocycles. The number of rotatable bonds is 3. The average Bonchev–Trinajstić information content (AvgIpc) is 2.54. The number of hydrogen-bond donors (Lipinski definition) is 1. The fraction of sp³-hybridized carbons (Fsp3) is 0.571. The molecule has 1 aliphatic heterocycles. The fourth-order valence-corrected chi connectivity index (χ4v) is 2.43. The lowest BCUT2D eigenvalue weighted by Gasteiger charge is -2.23. The van der Waals surface area contributed by atoms with Gasteiger partial charge in [0, 0.05) is 25.3 Å². The van der Waals surface area contributed by atoms with Crippen LogP contribution in [0.4, 0.5) is 10.1 Å². The smallest absolute Gasteiger partial charge is 0.125 e. The number of anilines is 1. The Morgan fingerprint density at radius 3 is 2.78 bits per heavy atom. The van der Waals surface area contributed by atoms with Crippen LogP contribution < -0.4 is 10.6 Å². The molecule has 1 aromatic rings. The van der Waals surface area contributed by atoms with Crippen LogP contribution in [0.2, 0.25) is 0 Å². The first-order valence-corrected chi connectivity index (χ1v) is 6.62. The van der Waals surface area contributed by atoms with Gasteiger partial charge < -0.3 is 15.5 Å². The molecule has 2 rings (SSSR count). The Hall–Kier alpha value is -1.13. The number of nitrogens with two attached hydrogens (primary N) is 1. The van der Waals surface area contributed by atoms with Crippen LogP contribution in [0.25, 0.3) is 0 Å². The molecule has 0 unspecified atom stereocenters. The van der Waals surface area contributed by atoms with Crippen molar-refractivity contribution in [2.75, 3.05) is 44.7 Å². The fourth-order valence-electron chi connectivity index (χ4n) is 2.43. The van der Waals surface area contributed by atoms with Crippen LogP contribution in [-0.4, -0.2) is 44.7 Å². The minimum atomic E-state index is -0.159. The molecule has 0 bridgehead atoms. The summed E-state index contributed by atoms with van der Waals surface area (Å²) in [6.45, 7) is 4.66. The van der Waals surface area contributed by atoms with Crippen LogP contribution in [0.15, 0.2) is 18.2 Å². The normalized spacial score (nSPS) is 17.8. The Morgan fingerprint density at radius 2 is 2.00 bits per heavy atom. The SMILES string of the molecule is CN1CCCN(c2cc(F)cc(CCN)c2)CC1. The molecule has 0 amide bonds. The molecule has 0 atom stereocenters. The van der Waals surface area contributed by atoms with Gasteiger partial charge in [0.15, 0.2) is 0 Å². The average molecular weight is 251 g/mol. The summed E-state index contributed by atoms with van der Waals surface area (Å²) in [4.78, 5) is 4.59. The van der Waals surface area contributed by atoms with E-state index in [-0.39, 0.29) is 5.82 Å². The summed E-state index contributed by atoms with van der Waals surface area (Å²) in [6, 6.07) is 5.28. The van der Waals surface area contributed by atoms with Crippen LogP contribution in [0.1, 0.15) is 12.0 Å². The van der Waals surface area contributed by atoms with Gasteiger partial charge in [-0.2, -0.15) is 0 Å². The molecule has 0 radical (unpaired) electrons. The molecule has 1 aliphatic rings. The molecule has 2 N–H and O–H groups in total. The van der Waals surface area contributed by atoms with Gasteiger partial charge in [0.2, 0.25) is 0 Å². The van der Waals surface area contributed by atoms with E-state index >= 15 is 0 Å². The molecule has 0 spiro atoms. The van der Waals surface area contributed by atoms with E-state index in [4.69, 9.17) is 5.73 Å². The van der Waals surface area contributed by atoms with Crippen LogP contribution in [0.5, 0.6) is 0 Å². The first-order valence-electron chi connectivity index (χ1n) is 6.62. The lowest BCUT2D eigenvalue weighted by molar-refractivity contribution is 0.360. The molecule has 3 nitrogen and oxygen atoms in total. The van der Waals surface area contributed by atoms with Crippen molar-refractivity contribution in [1.82, 2.24) is 4.90 Å². The predicted octanol–water partition coefficient (Wildman–Crippen LogP) is 1.47. The molecule has 4 heteroatoms. The van der Waals surface area contributed by atoms with Crippen LogP contribution in [-0.2, 0) is 6.42 Å². The molecule has 1 saturated heterocycles. The van der Waals surface area contributed by atoms with Gasteiger partial charge in [0.05, 0.1) is 0 Å². The zero-order chi connectivity index (χ0) is 13.0. The molecule has 0 aromatic heterocycles. The number of likely N-dealkylation sites (N-methyl/N-ethyl adjacent to an activating group) is 1. The van der Waals surface area contributed by atoms with E-state index in [1.807, 2.05) is 0 Å². The summed E-state index contributed by atoms with van der Waals surface area (Å²) in [5, 5.41) is 0. The highest BCUT2D eigenvalue weighted by molar-refractivity contribution is 5.49. The molecular weight excluding hydrogens is 229 g/mol. The van der Waals surface area contributed by atoms with Crippen molar-refractivity contribution in [2.24, 2.45) is 5.73 Å². The van der Waals surface area contributed by atoms with E-state index in [0.29, 0.717) is 6.54 Å². The van der Waals surface area contributed by atoms with Gasteiger partial charge >= 0.3 is 0 Å². The van der Waals surface area contributed by atoms with E-state index in [1.54, 1.807) is 12.1 Å². The number of halogens is 1. The minimum absolute atomic E-state index is 0.159. The highest BCUT2D eigenvalue weighted by Crippen LogP contribution is 2.20. The maximum Gasteiger partial charge on any atom is 0.125 e. The molecule has 0 aliphatic carbocycles. The molecule has 100 valence electrons. The van der Waals surface area contributed by atoms with Crippen molar-refractivity contribution in [2.45, 2.75) is 12.8 Å². The standard InChI is InChI=1S/C14H22FN3/c1-17-5-2-6-18(8-7-17)14-10-12(3-4-16)9-13(15)11-14/h9-11H,2-8,16H2,1H3. The van der Waals surface area contributed by atoms with Crippen molar-refractivity contribution in [3.8, 4) is 0 Å². The maximum atomic E-state index is 13.6. The first-order chi connectivity index (χ1) is 8.69. The van der Waals surface area contributed by atoms with Crippen LogP contribution in [0.3, 0.4) is 0 Å². The first kappa shape index (κ1) is 13.3. The zero-order valence-electron chi connectivity index (χ0n) is 11.0. The Bertz CT molecular complexity index is 395. The molecule has 1 heterocycles. The highest BCUT2D eigenvalue weighted by Gasteiger charge is 2.13. The summed E-state index contributed by atoms with van der Waals surface area (Å²) in [7, 11) is 2.13. The summed E-state index contributed by atoms with van der Waals surface area (Å²) in [5.41, 5.74) is 7.52. The van der Waals surface area contributed by atoms with Gasteiger partial charge in [0.1, 0.15) is 5.82 Å². The van der Waals surface area contributed by atoms with E-state index in [2.05, 4.69) is 22.9 Å². The molecule has 0 saturated carbocycles. The molecule has 1 fully saturated rings. The van der Waals surface area contributed by atoms with Crippen LogP contribution >= 0.6 is 0 Å². The Morgan fingerprint density at radius 1 is 1.17 bits per heavy atom. The van der Waals surface area contributed by atoms with Crippen molar-refractivity contribution in [3.05, 3.63) is 29.6 Å². The van der Waals surface area contributed by atoms with Crippen LogP contribution in [0, 0.1) is 5.82 Å². The van der Waals surface area contributed by atoms with Gasteiger partial charge in [-0.1, -0.05) is 0 Å². The maximum absolute atomic E-state index is 13.6. The Kier molecular flexibility index (Phi) is 4.55.